The Morgan fingerprint density at radius 2 is 1.46 bits per heavy atom. The maximum atomic E-state index is 12.8. The number of fused-ring (bicyclic) bond motifs is 5. The normalized spacial score (nSPS) is 32.5. The number of ether oxygens (including phenoxy) is 1. The van der Waals surface area contributed by atoms with E-state index in [9.17, 15) is 9.90 Å². The van der Waals surface area contributed by atoms with Crippen molar-refractivity contribution < 1.29 is 14.6 Å². The molecule has 9 atom stereocenters. The van der Waals surface area contributed by atoms with Gasteiger partial charge in [-0.15, -0.1) is 0 Å². The van der Waals surface area contributed by atoms with Crippen molar-refractivity contribution in [1.82, 2.24) is 0 Å². The van der Waals surface area contributed by atoms with Crippen LogP contribution in [0.15, 0.2) is 60.3 Å². The van der Waals surface area contributed by atoms with Crippen molar-refractivity contribution in [2.45, 2.75) is 182 Å². The lowest BCUT2D eigenvalue weighted by Gasteiger charge is -2.58. The van der Waals surface area contributed by atoms with E-state index in [-0.39, 0.29) is 18.2 Å². The minimum atomic E-state index is -0.187. The molecule has 50 heavy (non-hydrogen) atoms. The second-order valence-corrected chi connectivity index (χ2v) is 17.9. The third-order valence-corrected chi connectivity index (χ3v) is 13.8. The largest absolute Gasteiger partial charge is 0.462 e. The molecule has 0 unspecified atom stereocenters. The predicted molar refractivity (Wildman–Crippen MR) is 213 cm³/mol. The van der Waals surface area contributed by atoms with Gasteiger partial charge in [0, 0.05) is 12.8 Å². The highest BCUT2D eigenvalue weighted by molar-refractivity contribution is 5.69. The maximum absolute atomic E-state index is 12.8. The molecule has 3 fully saturated rings. The molecule has 4 rings (SSSR count). The quantitative estimate of drug-likeness (QED) is 0.0787. The first-order chi connectivity index (χ1) is 24.0. The zero-order valence-electron chi connectivity index (χ0n) is 33.2. The zero-order chi connectivity index (χ0) is 36.0. The van der Waals surface area contributed by atoms with E-state index >= 15 is 0 Å². The number of rotatable bonds is 20. The van der Waals surface area contributed by atoms with Crippen molar-refractivity contribution in [2.75, 3.05) is 0 Å². The summed E-state index contributed by atoms with van der Waals surface area (Å²) in [6, 6.07) is 0. The molecule has 0 radical (unpaired) electrons. The van der Waals surface area contributed by atoms with Crippen molar-refractivity contribution in [2.24, 2.45) is 46.3 Å². The van der Waals surface area contributed by atoms with E-state index in [1.807, 2.05) is 6.92 Å². The molecule has 0 saturated heterocycles. The Morgan fingerprint density at radius 3 is 2.12 bits per heavy atom. The molecule has 0 heterocycles. The number of carbonyl (C=O) groups excluding carboxylic acids is 1. The Bertz CT molecular complexity index is 1170. The van der Waals surface area contributed by atoms with E-state index in [1.54, 1.807) is 5.57 Å². The van der Waals surface area contributed by atoms with Gasteiger partial charge in [-0.3, -0.25) is 4.79 Å². The number of unbranched alkanes of at least 4 members (excludes halogenated alkanes) is 2. The van der Waals surface area contributed by atoms with Crippen molar-refractivity contribution in [1.29, 1.82) is 0 Å². The van der Waals surface area contributed by atoms with Crippen LogP contribution in [0.2, 0.25) is 0 Å². The van der Waals surface area contributed by atoms with Crippen LogP contribution in [0.5, 0.6) is 0 Å². The summed E-state index contributed by atoms with van der Waals surface area (Å²) in [6.07, 6.45) is 42.8. The van der Waals surface area contributed by atoms with Crippen molar-refractivity contribution in [3.63, 3.8) is 0 Å². The number of allylic oxidation sites excluding steroid dienone is 9. The van der Waals surface area contributed by atoms with Gasteiger partial charge in [0.25, 0.3) is 0 Å². The second kappa shape index (κ2) is 20.4. The molecule has 0 aromatic heterocycles. The first-order valence-corrected chi connectivity index (χ1v) is 21.2. The monoisotopic (exact) mass is 689 g/mol. The number of esters is 1. The van der Waals surface area contributed by atoms with Crippen LogP contribution in [0.25, 0.3) is 0 Å². The van der Waals surface area contributed by atoms with Crippen LogP contribution in [0.3, 0.4) is 0 Å². The lowest BCUT2D eigenvalue weighted by atomic mass is 9.47. The Balaban J connectivity index is 1.11. The molecule has 1 N–H and O–H groups in total. The molecule has 0 aromatic rings. The van der Waals surface area contributed by atoms with Gasteiger partial charge >= 0.3 is 5.97 Å². The standard InChI is InChI=1S/C47H76O3/c1-36(2)23-22-24-37(3)42-29-30-43-41-28-27-39-35-40(31-33-46(39,5)44(41)32-34-47(42,43)6)50-45(49)26-21-19-17-15-13-11-9-7-8-10-12-14-16-18-20-25-38(4)48/h8-11,14-17,27,36-38,40-44,48H,7,12-13,18-26,28-35H2,1-6H3/b10-8-,11-9-,16-14-,17-15-/t37-,38-,40+,41+,42-,43+,44+,46+,47-/m1/s1. The van der Waals surface area contributed by atoms with Gasteiger partial charge in [-0.05, 0) is 150 Å². The third-order valence-electron chi connectivity index (χ3n) is 13.8. The summed E-state index contributed by atoms with van der Waals surface area (Å²) in [5.41, 5.74) is 2.46. The van der Waals surface area contributed by atoms with E-state index < -0.39 is 0 Å². The van der Waals surface area contributed by atoms with Gasteiger partial charge in [-0.2, -0.15) is 0 Å². The molecule has 0 amide bonds. The van der Waals surface area contributed by atoms with E-state index in [4.69, 9.17) is 4.74 Å². The molecule has 0 bridgehead atoms. The number of hydrogen-bond acceptors (Lipinski definition) is 3. The highest BCUT2D eigenvalue weighted by Crippen LogP contribution is 2.67. The molecule has 4 aliphatic rings. The SMILES string of the molecule is CC(C)CCC[C@@H](C)[C@H]1CC[C@H]2[C@@H]3CC=C4C[C@@H](OC(=O)CCC/C=C\C/C=C\C/C=C\C/C=C\CCC[C@@H](C)O)CC[C@]4(C)[C@H]3CC[C@]12C. The molecule has 0 spiro atoms. The average molecular weight is 689 g/mol. The molecule has 3 saturated carbocycles. The molecule has 4 aliphatic carbocycles. The van der Waals surface area contributed by atoms with Crippen molar-refractivity contribution >= 4 is 5.97 Å². The molecule has 3 nitrogen and oxygen atoms in total. The minimum Gasteiger partial charge on any atom is -0.462 e. The van der Waals surface area contributed by atoms with Crippen LogP contribution < -0.4 is 0 Å². The number of carbonyl (C=O) groups is 1. The first kappa shape index (κ1) is 40.9. The van der Waals surface area contributed by atoms with Gasteiger partial charge in [0.15, 0.2) is 0 Å². The highest BCUT2D eigenvalue weighted by atomic mass is 16.5. The van der Waals surface area contributed by atoms with Crippen LogP contribution >= 0.6 is 0 Å². The highest BCUT2D eigenvalue weighted by Gasteiger charge is 2.59. The van der Waals surface area contributed by atoms with Gasteiger partial charge in [0.05, 0.1) is 6.10 Å². The Labute approximate surface area is 308 Å². The van der Waals surface area contributed by atoms with E-state index in [0.717, 1.165) is 99.7 Å². The summed E-state index contributed by atoms with van der Waals surface area (Å²) < 4.78 is 6.09. The number of aliphatic hydroxyl groups excluding tert-OH is 1. The Morgan fingerprint density at radius 1 is 0.800 bits per heavy atom. The number of hydrogen-bond donors (Lipinski definition) is 1. The van der Waals surface area contributed by atoms with Crippen LogP contribution in [0, 0.1) is 46.3 Å². The Hall–Kier alpha value is -1.87. The summed E-state index contributed by atoms with van der Waals surface area (Å²) in [6.45, 7) is 14.4. The van der Waals surface area contributed by atoms with Crippen LogP contribution in [0.4, 0.5) is 0 Å². The smallest absolute Gasteiger partial charge is 0.306 e. The third kappa shape index (κ3) is 11.6. The van der Waals surface area contributed by atoms with Crippen LogP contribution in [-0.4, -0.2) is 23.3 Å². The molecule has 282 valence electrons. The lowest BCUT2D eigenvalue weighted by Crippen LogP contribution is -2.51. The van der Waals surface area contributed by atoms with Crippen molar-refractivity contribution in [3.05, 3.63) is 60.3 Å². The summed E-state index contributed by atoms with van der Waals surface area (Å²) in [5.74, 6) is 5.17. The van der Waals surface area contributed by atoms with Gasteiger partial charge in [-0.25, -0.2) is 0 Å². The van der Waals surface area contributed by atoms with Crippen LogP contribution in [0.1, 0.15) is 170 Å². The molecule has 0 aromatic carbocycles. The fourth-order valence-electron chi connectivity index (χ4n) is 10.9. The molecular weight excluding hydrogens is 613 g/mol. The second-order valence-electron chi connectivity index (χ2n) is 17.9. The topological polar surface area (TPSA) is 46.5 Å². The van der Waals surface area contributed by atoms with Gasteiger partial charge in [0.1, 0.15) is 6.10 Å². The van der Waals surface area contributed by atoms with E-state index in [2.05, 4.69) is 89.3 Å². The maximum Gasteiger partial charge on any atom is 0.306 e. The Kier molecular flexibility index (Phi) is 16.7. The van der Waals surface area contributed by atoms with Crippen LogP contribution in [-0.2, 0) is 9.53 Å². The van der Waals surface area contributed by atoms with E-state index in [1.165, 1.54) is 57.8 Å². The van der Waals surface area contributed by atoms with Crippen molar-refractivity contribution in [3.8, 4) is 0 Å². The summed E-state index contributed by atoms with van der Waals surface area (Å²) >= 11 is 0. The van der Waals surface area contributed by atoms with E-state index in [0.29, 0.717) is 17.3 Å². The molecule has 3 heteroatoms. The first-order valence-electron chi connectivity index (χ1n) is 21.2. The van der Waals surface area contributed by atoms with Gasteiger partial charge in [-0.1, -0.05) is 114 Å². The zero-order valence-corrected chi connectivity index (χ0v) is 33.2. The van der Waals surface area contributed by atoms with Gasteiger partial charge in [0.2, 0.25) is 0 Å². The molecular formula is C47H76O3. The fraction of sp³-hybridized carbons (Fsp3) is 0.766. The fourth-order valence-corrected chi connectivity index (χ4v) is 10.9. The van der Waals surface area contributed by atoms with Gasteiger partial charge < -0.3 is 9.84 Å². The lowest BCUT2D eigenvalue weighted by molar-refractivity contribution is -0.151. The average Bonchev–Trinajstić information content (AvgIpc) is 3.43. The predicted octanol–water partition coefficient (Wildman–Crippen LogP) is 13.1. The summed E-state index contributed by atoms with van der Waals surface area (Å²) in [7, 11) is 0. The molecule has 0 aliphatic heterocycles. The minimum absolute atomic E-state index is 0.00415. The summed E-state index contributed by atoms with van der Waals surface area (Å²) in [4.78, 5) is 12.8. The summed E-state index contributed by atoms with van der Waals surface area (Å²) in [5, 5.41) is 9.28. The number of aliphatic hydroxyl groups is 1.